The molecule has 4 nitrogen and oxygen atoms in total. The van der Waals surface area contributed by atoms with Gasteiger partial charge in [0.2, 0.25) is 0 Å². The molecule has 0 N–H and O–H groups in total. The minimum absolute atomic E-state index is 0. The van der Waals surface area contributed by atoms with Crippen molar-refractivity contribution < 1.29 is 14.3 Å². The summed E-state index contributed by atoms with van der Waals surface area (Å²) in [5.74, 6) is 0.211. The Labute approximate surface area is 101 Å². The molecule has 92 valence electrons. The first-order chi connectivity index (χ1) is 7.75. The van der Waals surface area contributed by atoms with E-state index in [-0.39, 0.29) is 20.0 Å². The van der Waals surface area contributed by atoms with Crippen molar-refractivity contribution in [3.63, 3.8) is 0 Å². The van der Waals surface area contributed by atoms with E-state index in [4.69, 9.17) is 9.47 Å². The number of rotatable bonds is 3. The molecule has 1 aliphatic heterocycles. The number of benzene rings is 1. The van der Waals surface area contributed by atoms with Crippen LogP contribution >= 0.6 is 0 Å². The highest BCUT2D eigenvalue weighted by atomic mass is 16.5. The Balaban J connectivity index is 0.00000144. The Morgan fingerprint density at radius 3 is 2.76 bits per heavy atom. The second-order valence-electron chi connectivity index (χ2n) is 3.57. The monoisotopic (exact) mass is 235 g/mol. The van der Waals surface area contributed by atoms with Crippen molar-refractivity contribution in [2.24, 2.45) is 4.99 Å². The lowest BCUT2D eigenvalue weighted by molar-refractivity contribution is -0.146. The van der Waals surface area contributed by atoms with E-state index >= 15 is 0 Å². The highest BCUT2D eigenvalue weighted by Crippen LogP contribution is 2.08. The lowest BCUT2D eigenvalue weighted by Crippen LogP contribution is -2.22. The van der Waals surface area contributed by atoms with Gasteiger partial charge in [-0.1, -0.05) is 37.8 Å². The molecule has 4 heteroatoms. The van der Waals surface area contributed by atoms with E-state index < -0.39 is 6.04 Å². The zero-order chi connectivity index (χ0) is 11.4. The molecule has 2 rings (SSSR count). The van der Waals surface area contributed by atoms with E-state index in [0.29, 0.717) is 12.5 Å². The summed E-state index contributed by atoms with van der Waals surface area (Å²) in [4.78, 5) is 15.6. The quantitative estimate of drug-likeness (QED) is 0.754. The topological polar surface area (TPSA) is 47.9 Å². The molecule has 1 heterocycles. The van der Waals surface area contributed by atoms with E-state index in [9.17, 15) is 4.79 Å². The van der Waals surface area contributed by atoms with Crippen LogP contribution in [0.25, 0.3) is 0 Å². The molecule has 1 atom stereocenters. The molecule has 0 radical (unpaired) electrons. The van der Waals surface area contributed by atoms with Gasteiger partial charge in [-0.2, -0.15) is 0 Å². The van der Waals surface area contributed by atoms with Crippen LogP contribution in [0.1, 0.15) is 19.9 Å². The molecule has 1 unspecified atom stereocenters. The maximum Gasteiger partial charge on any atom is 0.334 e. The Morgan fingerprint density at radius 1 is 1.47 bits per heavy atom. The molecule has 0 bridgehead atoms. The van der Waals surface area contributed by atoms with Crippen molar-refractivity contribution in [1.29, 1.82) is 0 Å². The van der Waals surface area contributed by atoms with Gasteiger partial charge in [0.15, 0.2) is 11.9 Å². The molecule has 0 fully saturated rings. The molecule has 0 amide bonds. The highest BCUT2D eigenvalue weighted by molar-refractivity contribution is 5.84. The van der Waals surface area contributed by atoms with E-state index in [2.05, 4.69) is 4.99 Å². The van der Waals surface area contributed by atoms with Gasteiger partial charge in [-0.15, -0.1) is 0 Å². The number of nitrogens with zero attached hydrogens (tertiary/aromatic N) is 1. The van der Waals surface area contributed by atoms with Crippen molar-refractivity contribution >= 4 is 11.9 Å². The summed E-state index contributed by atoms with van der Waals surface area (Å²) < 4.78 is 10.2. The highest BCUT2D eigenvalue weighted by Gasteiger charge is 2.25. The first-order valence-electron chi connectivity index (χ1n) is 5.13. The van der Waals surface area contributed by atoms with Gasteiger partial charge < -0.3 is 9.47 Å². The zero-order valence-corrected chi connectivity index (χ0v) is 9.05. The summed E-state index contributed by atoms with van der Waals surface area (Å²) in [5, 5.41) is 0. The average Bonchev–Trinajstić information content (AvgIpc) is 2.74. The van der Waals surface area contributed by atoms with Crippen LogP contribution in [0.3, 0.4) is 0 Å². The third kappa shape index (κ3) is 3.59. The SMILES string of the molecule is C.CC1=NC(C(=O)OCc2ccccc2)CO1. The Morgan fingerprint density at radius 2 is 2.18 bits per heavy atom. The van der Waals surface area contributed by atoms with Crippen molar-refractivity contribution in [2.45, 2.75) is 27.0 Å². The Bertz CT molecular complexity index is 400. The molecule has 0 saturated heterocycles. The van der Waals surface area contributed by atoms with Gasteiger partial charge in [0.25, 0.3) is 0 Å². The van der Waals surface area contributed by atoms with Gasteiger partial charge in [0.05, 0.1) is 0 Å². The molecule has 0 aromatic heterocycles. The second-order valence-corrected chi connectivity index (χ2v) is 3.57. The molecule has 0 saturated carbocycles. The lowest BCUT2D eigenvalue weighted by Gasteiger charge is -2.06. The molecule has 1 aromatic rings. The molecule has 1 aliphatic rings. The van der Waals surface area contributed by atoms with E-state index in [0.717, 1.165) is 5.56 Å². The number of hydrogen-bond acceptors (Lipinski definition) is 4. The Hall–Kier alpha value is -1.84. The van der Waals surface area contributed by atoms with Crippen molar-refractivity contribution in [3.8, 4) is 0 Å². The first kappa shape index (κ1) is 13.2. The molecular formula is C13H17NO3. The summed E-state index contributed by atoms with van der Waals surface area (Å²) in [5.41, 5.74) is 0.968. The summed E-state index contributed by atoms with van der Waals surface area (Å²) >= 11 is 0. The van der Waals surface area contributed by atoms with Gasteiger partial charge in [0, 0.05) is 6.92 Å². The van der Waals surface area contributed by atoms with Crippen LogP contribution in [0.4, 0.5) is 0 Å². The van der Waals surface area contributed by atoms with Crippen LogP contribution in [0.5, 0.6) is 0 Å². The van der Waals surface area contributed by atoms with Crippen LogP contribution in [-0.4, -0.2) is 24.5 Å². The number of carbonyl (C=O) groups is 1. The normalized spacial score (nSPS) is 17.7. The van der Waals surface area contributed by atoms with Crippen molar-refractivity contribution in [3.05, 3.63) is 35.9 Å². The third-order valence-electron chi connectivity index (χ3n) is 2.28. The summed E-state index contributed by atoms with van der Waals surface area (Å²) in [7, 11) is 0. The first-order valence-corrected chi connectivity index (χ1v) is 5.13. The van der Waals surface area contributed by atoms with Crippen LogP contribution in [-0.2, 0) is 20.9 Å². The van der Waals surface area contributed by atoms with Crippen molar-refractivity contribution in [1.82, 2.24) is 0 Å². The summed E-state index contributed by atoms with van der Waals surface area (Å²) in [6.07, 6.45) is 0. The minimum Gasteiger partial charge on any atom is -0.478 e. The van der Waals surface area contributed by atoms with E-state index in [1.807, 2.05) is 30.3 Å². The number of ether oxygens (including phenoxy) is 2. The predicted molar refractivity (Wildman–Crippen MR) is 65.8 cm³/mol. The maximum absolute atomic E-state index is 11.6. The fourth-order valence-corrected chi connectivity index (χ4v) is 1.44. The van der Waals surface area contributed by atoms with Crippen LogP contribution in [0.2, 0.25) is 0 Å². The third-order valence-corrected chi connectivity index (χ3v) is 2.28. The average molecular weight is 235 g/mol. The molecule has 0 aliphatic carbocycles. The van der Waals surface area contributed by atoms with Crippen LogP contribution in [0.15, 0.2) is 35.3 Å². The lowest BCUT2D eigenvalue weighted by atomic mass is 10.2. The molecule has 1 aromatic carbocycles. The summed E-state index contributed by atoms with van der Waals surface area (Å²) in [6, 6.07) is 9.06. The van der Waals surface area contributed by atoms with Gasteiger partial charge in [-0.25, -0.2) is 9.79 Å². The largest absolute Gasteiger partial charge is 0.478 e. The van der Waals surface area contributed by atoms with E-state index in [1.165, 1.54) is 0 Å². The van der Waals surface area contributed by atoms with Gasteiger partial charge in [-0.3, -0.25) is 0 Å². The fourth-order valence-electron chi connectivity index (χ4n) is 1.44. The second kappa shape index (κ2) is 6.03. The van der Waals surface area contributed by atoms with Crippen LogP contribution in [0, 0.1) is 0 Å². The Kier molecular flexibility index (Phi) is 4.69. The predicted octanol–water partition coefficient (Wildman–Crippen LogP) is 2.18. The number of hydrogen-bond donors (Lipinski definition) is 0. The standard InChI is InChI=1S/C12H13NO3.CH4/c1-9-13-11(8-15-9)12(14)16-7-10-5-3-2-4-6-10;/h2-6,11H,7-8H2,1H3;1H4. The summed E-state index contributed by atoms with van der Waals surface area (Å²) in [6.45, 7) is 2.30. The molecular weight excluding hydrogens is 218 g/mol. The van der Waals surface area contributed by atoms with Gasteiger partial charge in [-0.05, 0) is 5.56 Å². The number of carbonyl (C=O) groups excluding carboxylic acids is 1. The van der Waals surface area contributed by atoms with Crippen LogP contribution < -0.4 is 0 Å². The molecule has 0 spiro atoms. The minimum atomic E-state index is -0.497. The van der Waals surface area contributed by atoms with Gasteiger partial charge >= 0.3 is 5.97 Å². The number of esters is 1. The smallest absolute Gasteiger partial charge is 0.334 e. The van der Waals surface area contributed by atoms with Gasteiger partial charge in [0.1, 0.15) is 13.2 Å². The van der Waals surface area contributed by atoms with Crippen molar-refractivity contribution in [2.75, 3.05) is 6.61 Å². The number of aliphatic imine (C=N–C) groups is 1. The maximum atomic E-state index is 11.6. The molecule has 17 heavy (non-hydrogen) atoms. The van der Waals surface area contributed by atoms with E-state index in [1.54, 1.807) is 6.92 Å². The zero-order valence-electron chi connectivity index (χ0n) is 9.05. The fraction of sp³-hybridized carbons (Fsp3) is 0.385.